The van der Waals surface area contributed by atoms with Gasteiger partial charge in [-0.15, -0.1) is 15.3 Å². The van der Waals surface area contributed by atoms with Crippen LogP contribution in [0.3, 0.4) is 0 Å². The summed E-state index contributed by atoms with van der Waals surface area (Å²) in [6.45, 7) is 2.03. The van der Waals surface area contributed by atoms with Gasteiger partial charge in [-0.2, -0.15) is 4.52 Å². The number of anilines is 1. The minimum atomic E-state index is -0.288. The van der Waals surface area contributed by atoms with Gasteiger partial charge < -0.3 is 4.74 Å². The van der Waals surface area contributed by atoms with E-state index in [4.69, 9.17) is 4.74 Å². The Morgan fingerprint density at radius 2 is 1.88 bits per heavy atom. The lowest BCUT2D eigenvalue weighted by molar-refractivity contribution is 0.102. The lowest BCUT2D eigenvalue weighted by atomic mass is 10.1. The summed E-state index contributed by atoms with van der Waals surface area (Å²) in [6.07, 6.45) is 0. The first-order valence-corrected chi connectivity index (χ1v) is 8.71. The summed E-state index contributed by atoms with van der Waals surface area (Å²) >= 11 is 1.26. The molecule has 2 aromatic heterocycles. The number of fused-ring (bicyclic) bond motifs is 1. The molecule has 0 radical (unpaired) electrons. The first-order valence-electron chi connectivity index (χ1n) is 7.89. The Morgan fingerprint density at radius 3 is 2.65 bits per heavy atom. The molecule has 0 fully saturated rings. The molecule has 1 amide bonds. The SMILES string of the molecule is COc1ccccc1C(=O)Nc1nn2c(-c3ccc(C)cc3)nnc2s1. The minimum Gasteiger partial charge on any atom is -0.496 e. The van der Waals surface area contributed by atoms with Crippen molar-refractivity contribution in [1.82, 2.24) is 19.8 Å². The molecule has 7 nitrogen and oxygen atoms in total. The Bertz CT molecular complexity index is 1080. The van der Waals surface area contributed by atoms with Crippen LogP contribution in [0, 0.1) is 6.92 Å². The topological polar surface area (TPSA) is 81.4 Å². The molecule has 0 unspecified atom stereocenters. The van der Waals surface area contributed by atoms with E-state index in [1.54, 1.807) is 22.7 Å². The van der Waals surface area contributed by atoms with E-state index in [9.17, 15) is 4.79 Å². The summed E-state index contributed by atoms with van der Waals surface area (Å²) in [6, 6.07) is 15.0. The second-order valence-electron chi connectivity index (χ2n) is 5.65. The molecule has 0 saturated carbocycles. The predicted octanol–water partition coefficient (Wildman–Crippen LogP) is 3.42. The summed E-state index contributed by atoms with van der Waals surface area (Å²) in [7, 11) is 1.53. The highest BCUT2D eigenvalue weighted by atomic mass is 32.1. The Labute approximate surface area is 153 Å². The predicted molar refractivity (Wildman–Crippen MR) is 99.8 cm³/mol. The normalized spacial score (nSPS) is 10.8. The first kappa shape index (κ1) is 16.2. The van der Waals surface area contributed by atoms with Crippen molar-refractivity contribution in [1.29, 1.82) is 0 Å². The van der Waals surface area contributed by atoms with E-state index in [0.717, 1.165) is 11.1 Å². The fourth-order valence-electron chi connectivity index (χ4n) is 2.55. The third kappa shape index (κ3) is 2.91. The number of nitrogens with one attached hydrogen (secondary N) is 1. The fraction of sp³-hybridized carbons (Fsp3) is 0.111. The van der Waals surface area contributed by atoms with Crippen molar-refractivity contribution in [2.75, 3.05) is 12.4 Å². The zero-order valence-corrected chi connectivity index (χ0v) is 14.9. The van der Waals surface area contributed by atoms with E-state index in [1.807, 2.05) is 37.3 Å². The molecule has 0 aliphatic heterocycles. The van der Waals surface area contributed by atoms with Crippen LogP contribution in [0.5, 0.6) is 5.75 Å². The summed E-state index contributed by atoms with van der Waals surface area (Å²) in [5.74, 6) is 0.853. The second kappa shape index (κ2) is 6.57. The number of amides is 1. The number of rotatable bonds is 4. The van der Waals surface area contributed by atoms with E-state index in [-0.39, 0.29) is 5.91 Å². The zero-order chi connectivity index (χ0) is 18.1. The van der Waals surface area contributed by atoms with Gasteiger partial charge >= 0.3 is 0 Å². The van der Waals surface area contributed by atoms with Crippen LogP contribution >= 0.6 is 11.3 Å². The summed E-state index contributed by atoms with van der Waals surface area (Å²) in [5, 5.41) is 16.0. The molecule has 0 saturated heterocycles. The molecule has 1 N–H and O–H groups in total. The lowest BCUT2D eigenvalue weighted by Gasteiger charge is -2.06. The Hall–Kier alpha value is -3.26. The van der Waals surface area contributed by atoms with Gasteiger partial charge in [0, 0.05) is 5.56 Å². The van der Waals surface area contributed by atoms with Crippen LogP contribution in [0.15, 0.2) is 48.5 Å². The van der Waals surface area contributed by atoms with Crippen LogP contribution in [-0.4, -0.2) is 32.8 Å². The molecule has 8 heteroatoms. The third-order valence-corrected chi connectivity index (χ3v) is 4.69. The minimum absolute atomic E-state index is 0.288. The van der Waals surface area contributed by atoms with E-state index < -0.39 is 0 Å². The number of nitrogens with zero attached hydrogens (tertiary/aromatic N) is 4. The molecular weight excluding hydrogens is 350 g/mol. The van der Waals surface area contributed by atoms with Crippen LogP contribution in [0.25, 0.3) is 16.3 Å². The summed E-state index contributed by atoms with van der Waals surface area (Å²) in [5.41, 5.74) is 2.52. The molecule has 0 bridgehead atoms. The average Bonchev–Trinajstić information content (AvgIpc) is 3.22. The van der Waals surface area contributed by atoms with Gasteiger partial charge in [0.2, 0.25) is 10.1 Å². The number of hydrogen-bond acceptors (Lipinski definition) is 6. The average molecular weight is 365 g/mol. The van der Waals surface area contributed by atoms with E-state index in [0.29, 0.717) is 27.2 Å². The zero-order valence-electron chi connectivity index (χ0n) is 14.1. The number of methoxy groups -OCH3 is 1. The van der Waals surface area contributed by atoms with Gasteiger partial charge in [-0.1, -0.05) is 53.3 Å². The molecule has 2 aromatic carbocycles. The monoisotopic (exact) mass is 365 g/mol. The van der Waals surface area contributed by atoms with Crippen LogP contribution < -0.4 is 10.1 Å². The molecular formula is C18H15N5O2S. The molecule has 4 aromatic rings. The molecule has 26 heavy (non-hydrogen) atoms. The molecule has 4 rings (SSSR count). The number of hydrogen-bond donors (Lipinski definition) is 1. The van der Waals surface area contributed by atoms with Crippen molar-refractivity contribution in [3.63, 3.8) is 0 Å². The summed E-state index contributed by atoms with van der Waals surface area (Å²) in [4.78, 5) is 13.1. The number of carbonyl (C=O) groups is 1. The van der Waals surface area contributed by atoms with Crippen molar-refractivity contribution >= 4 is 27.3 Å². The van der Waals surface area contributed by atoms with E-state index in [2.05, 4.69) is 20.6 Å². The molecule has 0 aliphatic rings. The van der Waals surface area contributed by atoms with Gasteiger partial charge in [0.15, 0.2) is 5.82 Å². The van der Waals surface area contributed by atoms with Gasteiger partial charge in [-0.05, 0) is 19.1 Å². The van der Waals surface area contributed by atoms with Gasteiger partial charge in [0.1, 0.15) is 5.75 Å². The van der Waals surface area contributed by atoms with Crippen LogP contribution in [-0.2, 0) is 0 Å². The Balaban J connectivity index is 1.64. The number of ether oxygens (including phenoxy) is 1. The fourth-order valence-corrected chi connectivity index (χ4v) is 3.28. The van der Waals surface area contributed by atoms with Gasteiger partial charge in [-0.25, -0.2) is 0 Å². The number of aromatic nitrogens is 4. The highest BCUT2D eigenvalue weighted by Crippen LogP contribution is 2.25. The van der Waals surface area contributed by atoms with Crippen molar-refractivity contribution in [3.8, 4) is 17.1 Å². The maximum atomic E-state index is 12.5. The van der Waals surface area contributed by atoms with E-state index >= 15 is 0 Å². The second-order valence-corrected chi connectivity index (χ2v) is 6.60. The lowest BCUT2D eigenvalue weighted by Crippen LogP contribution is -2.13. The standard InChI is InChI=1S/C18H15N5O2S/c1-11-7-9-12(10-8-11)15-20-21-18-23(15)22-17(26-18)19-16(24)13-5-3-4-6-14(13)25-2/h3-10H,1-2H3,(H,19,22,24). The smallest absolute Gasteiger partial charge is 0.261 e. The molecule has 2 heterocycles. The Morgan fingerprint density at radius 1 is 1.12 bits per heavy atom. The van der Waals surface area contributed by atoms with E-state index in [1.165, 1.54) is 18.4 Å². The molecule has 0 spiro atoms. The van der Waals surface area contributed by atoms with Crippen LogP contribution in [0.1, 0.15) is 15.9 Å². The maximum Gasteiger partial charge on any atom is 0.261 e. The molecule has 130 valence electrons. The number of aryl methyl sites for hydroxylation is 1. The largest absolute Gasteiger partial charge is 0.496 e. The maximum absolute atomic E-state index is 12.5. The number of carbonyl (C=O) groups excluding carboxylic acids is 1. The van der Waals surface area contributed by atoms with Gasteiger partial charge in [0.05, 0.1) is 12.7 Å². The van der Waals surface area contributed by atoms with Crippen molar-refractivity contribution in [2.24, 2.45) is 0 Å². The Kier molecular flexibility index (Phi) is 4.10. The van der Waals surface area contributed by atoms with Gasteiger partial charge in [0.25, 0.3) is 5.91 Å². The number of benzene rings is 2. The highest BCUT2D eigenvalue weighted by molar-refractivity contribution is 7.20. The quantitative estimate of drug-likeness (QED) is 0.599. The number of para-hydroxylation sites is 1. The van der Waals surface area contributed by atoms with Gasteiger partial charge in [-0.3, -0.25) is 10.1 Å². The highest BCUT2D eigenvalue weighted by Gasteiger charge is 2.17. The van der Waals surface area contributed by atoms with Crippen molar-refractivity contribution in [3.05, 3.63) is 59.7 Å². The first-order chi connectivity index (χ1) is 12.7. The molecule has 0 aliphatic carbocycles. The van der Waals surface area contributed by atoms with Crippen LogP contribution in [0.2, 0.25) is 0 Å². The summed E-state index contributed by atoms with van der Waals surface area (Å²) < 4.78 is 6.86. The van der Waals surface area contributed by atoms with Crippen LogP contribution in [0.4, 0.5) is 5.13 Å². The van der Waals surface area contributed by atoms with Crippen molar-refractivity contribution in [2.45, 2.75) is 6.92 Å². The third-order valence-electron chi connectivity index (χ3n) is 3.87. The van der Waals surface area contributed by atoms with Crippen molar-refractivity contribution < 1.29 is 9.53 Å². The molecule has 0 atom stereocenters.